The third-order valence-corrected chi connectivity index (χ3v) is 14.1. The molecule has 0 saturated carbocycles. The van der Waals surface area contributed by atoms with E-state index < -0.39 is 0 Å². The Kier molecular flexibility index (Phi) is 9.08. The van der Waals surface area contributed by atoms with Crippen molar-refractivity contribution in [3.8, 4) is 50.9 Å². The van der Waals surface area contributed by atoms with E-state index in [2.05, 4.69) is 242 Å². The van der Waals surface area contributed by atoms with Crippen LogP contribution in [0.4, 0.5) is 0 Å². The van der Waals surface area contributed by atoms with E-state index in [4.69, 9.17) is 9.72 Å². The molecule has 0 atom stereocenters. The highest BCUT2D eigenvalue weighted by Crippen LogP contribution is 2.49. The van der Waals surface area contributed by atoms with Crippen molar-refractivity contribution in [1.29, 1.82) is 0 Å². The minimum absolute atomic E-state index is 0.0840. The standard InChI is InChI=1S/C62H48N6O/c1-62(2,3)42-32-33-63-54(36-42)68-53-38-45(30-31-50(53)55-56-48-24-12-14-28-51(48)64(4)60(56)61-57(59(55)68)49-25-13-15-29-52(49)65(61)5)69-44-23-16-22-43(37-44)66-34-35-67(39-66)58-46(40-18-8-6-9-19-40)26-17-27-47(58)41-20-10-7-11-21-41/h6-38H,1-5H3. The summed E-state index contributed by atoms with van der Waals surface area (Å²) < 4.78 is 18.2. The van der Waals surface area contributed by atoms with Gasteiger partial charge in [0.05, 0.1) is 33.4 Å². The Labute approximate surface area is 399 Å². The van der Waals surface area contributed by atoms with Gasteiger partial charge in [0, 0.05) is 82.1 Å². The zero-order valence-electron chi connectivity index (χ0n) is 39.1. The fourth-order valence-corrected chi connectivity index (χ4v) is 10.8. The second kappa shape index (κ2) is 15.4. The Morgan fingerprint density at radius 1 is 0.522 bits per heavy atom. The number of aryl methyl sites for hydroxylation is 2. The molecule has 0 spiro atoms. The minimum Gasteiger partial charge on any atom is -0.458 e. The number of pyridine rings is 1. The molecular weight excluding hydrogens is 845 g/mol. The van der Waals surface area contributed by atoms with Gasteiger partial charge in [0.25, 0.3) is 6.33 Å². The molecule has 0 radical (unpaired) electrons. The molecule has 7 heteroatoms. The molecule has 7 nitrogen and oxygen atoms in total. The molecule has 332 valence electrons. The molecular formula is C62H48N6O. The van der Waals surface area contributed by atoms with Gasteiger partial charge < -0.3 is 13.9 Å². The Morgan fingerprint density at radius 3 is 1.78 bits per heavy atom. The first-order valence-electron chi connectivity index (χ1n) is 23.6. The van der Waals surface area contributed by atoms with Crippen molar-refractivity contribution < 1.29 is 9.30 Å². The topological polar surface area (TPSA) is 45.7 Å². The lowest BCUT2D eigenvalue weighted by Gasteiger charge is -2.20. The molecule has 0 fully saturated rings. The molecule has 5 heterocycles. The number of hydrogen-bond acceptors (Lipinski definition) is 2. The summed E-state index contributed by atoms with van der Waals surface area (Å²) in [6.45, 7) is 6.78. The maximum Gasteiger partial charge on any atom is 0.268 e. The van der Waals surface area contributed by atoms with Gasteiger partial charge in [-0.05, 0) is 87.8 Å². The van der Waals surface area contributed by atoms with Gasteiger partial charge in [0.15, 0.2) is 0 Å². The number of fused-ring (bicyclic) bond motifs is 12. The molecule has 0 unspecified atom stereocenters. The smallest absolute Gasteiger partial charge is 0.268 e. The van der Waals surface area contributed by atoms with Gasteiger partial charge in [-0.15, -0.1) is 0 Å². The van der Waals surface area contributed by atoms with E-state index in [1.54, 1.807) is 0 Å². The average molecular weight is 893 g/mol. The number of rotatable bonds is 7. The van der Waals surface area contributed by atoms with Crippen molar-refractivity contribution in [2.75, 3.05) is 0 Å². The molecule has 0 aliphatic heterocycles. The van der Waals surface area contributed by atoms with Crippen LogP contribution in [0.15, 0.2) is 201 Å². The monoisotopic (exact) mass is 892 g/mol. The van der Waals surface area contributed by atoms with Gasteiger partial charge in [0.2, 0.25) is 0 Å². The largest absolute Gasteiger partial charge is 0.458 e. The minimum atomic E-state index is -0.0840. The molecule has 0 saturated heterocycles. The number of imidazole rings is 1. The summed E-state index contributed by atoms with van der Waals surface area (Å²) in [6, 6.07) is 64.4. The van der Waals surface area contributed by atoms with Crippen LogP contribution in [0.1, 0.15) is 26.3 Å². The van der Waals surface area contributed by atoms with E-state index in [0.29, 0.717) is 0 Å². The molecule has 0 N–H and O–H groups in total. The van der Waals surface area contributed by atoms with Gasteiger partial charge in [-0.1, -0.05) is 142 Å². The van der Waals surface area contributed by atoms with Crippen LogP contribution in [-0.4, -0.2) is 23.3 Å². The van der Waals surface area contributed by atoms with E-state index in [1.165, 1.54) is 54.6 Å². The van der Waals surface area contributed by atoms with Crippen LogP contribution >= 0.6 is 0 Å². The SMILES string of the molecule is Cn1c2ccccc2c2c3c4ccc(Oc5cccc(-[n+]6[c-]n(-c7c(-c8ccccc8)cccc7-c7ccccc7)cc6)c5)cc4n(-c4cc(C(C)(C)C)ccn4)c3c3c4ccccc4n(C)c3c21. The summed E-state index contributed by atoms with van der Waals surface area (Å²) in [4.78, 5) is 5.17. The molecule has 69 heavy (non-hydrogen) atoms. The zero-order chi connectivity index (χ0) is 46.5. The van der Waals surface area contributed by atoms with Crippen LogP contribution in [-0.2, 0) is 19.5 Å². The normalized spacial score (nSPS) is 12.1. The summed E-state index contributed by atoms with van der Waals surface area (Å²) in [6.07, 6.45) is 9.75. The van der Waals surface area contributed by atoms with Crippen molar-refractivity contribution >= 4 is 65.4 Å². The predicted molar refractivity (Wildman–Crippen MR) is 282 cm³/mol. The molecule has 0 aliphatic rings. The molecule has 8 aromatic carbocycles. The van der Waals surface area contributed by atoms with Crippen LogP contribution in [0.3, 0.4) is 0 Å². The van der Waals surface area contributed by atoms with Gasteiger partial charge >= 0.3 is 0 Å². The van der Waals surface area contributed by atoms with Crippen LogP contribution in [0.2, 0.25) is 0 Å². The van der Waals surface area contributed by atoms with Crippen LogP contribution < -0.4 is 9.30 Å². The van der Waals surface area contributed by atoms with Gasteiger partial charge in [-0.2, -0.15) is 0 Å². The highest BCUT2D eigenvalue weighted by molar-refractivity contribution is 6.40. The number of nitrogens with zero attached hydrogens (tertiary/aromatic N) is 6. The predicted octanol–water partition coefficient (Wildman–Crippen LogP) is 14.8. The number of ether oxygens (including phenoxy) is 1. The van der Waals surface area contributed by atoms with Crippen molar-refractivity contribution in [1.82, 2.24) is 23.3 Å². The first-order valence-corrected chi connectivity index (χ1v) is 23.6. The molecule has 0 amide bonds. The Hall–Kier alpha value is -8.68. The highest BCUT2D eigenvalue weighted by atomic mass is 16.5. The maximum atomic E-state index is 6.91. The van der Waals surface area contributed by atoms with E-state index >= 15 is 0 Å². The Bertz CT molecular complexity index is 4100. The Morgan fingerprint density at radius 2 is 1.10 bits per heavy atom. The molecule has 13 rings (SSSR count). The second-order valence-corrected chi connectivity index (χ2v) is 19.2. The molecule has 5 aromatic heterocycles. The number of para-hydroxylation sites is 3. The van der Waals surface area contributed by atoms with Crippen LogP contribution in [0, 0.1) is 6.33 Å². The van der Waals surface area contributed by atoms with Crippen molar-refractivity contribution in [2.45, 2.75) is 26.2 Å². The quantitative estimate of drug-likeness (QED) is 0.118. The maximum absolute atomic E-state index is 6.91. The first-order chi connectivity index (χ1) is 33.7. The summed E-state index contributed by atoms with van der Waals surface area (Å²) in [5.41, 5.74) is 14.6. The number of aromatic nitrogens is 6. The lowest BCUT2D eigenvalue weighted by molar-refractivity contribution is -0.599. The van der Waals surface area contributed by atoms with Crippen molar-refractivity contribution in [3.63, 3.8) is 0 Å². The van der Waals surface area contributed by atoms with Gasteiger partial charge in [-0.3, -0.25) is 13.7 Å². The Balaban J connectivity index is 0.992. The van der Waals surface area contributed by atoms with Crippen LogP contribution in [0.5, 0.6) is 11.5 Å². The van der Waals surface area contributed by atoms with E-state index in [0.717, 1.165) is 67.4 Å². The number of hydrogen-bond donors (Lipinski definition) is 0. The van der Waals surface area contributed by atoms with E-state index in [9.17, 15) is 0 Å². The number of benzene rings is 8. The summed E-state index contributed by atoms with van der Waals surface area (Å²) >= 11 is 0. The second-order valence-electron chi connectivity index (χ2n) is 19.2. The van der Waals surface area contributed by atoms with E-state index in [1.807, 2.05) is 22.9 Å². The lowest BCUT2D eigenvalue weighted by Crippen LogP contribution is -2.28. The fourth-order valence-electron chi connectivity index (χ4n) is 10.8. The van der Waals surface area contributed by atoms with Crippen molar-refractivity contribution in [3.05, 3.63) is 212 Å². The molecule has 13 aromatic rings. The molecule has 0 aliphatic carbocycles. The third kappa shape index (κ3) is 6.34. The zero-order valence-corrected chi connectivity index (χ0v) is 39.1. The lowest BCUT2D eigenvalue weighted by atomic mass is 9.88. The molecule has 0 bridgehead atoms. The third-order valence-electron chi connectivity index (χ3n) is 14.1. The summed E-state index contributed by atoms with van der Waals surface area (Å²) in [5, 5.41) is 7.22. The fraction of sp³-hybridized carbons (Fsp3) is 0.0968. The summed E-state index contributed by atoms with van der Waals surface area (Å²) in [7, 11) is 4.41. The average Bonchev–Trinajstić information content (AvgIpc) is 4.15. The van der Waals surface area contributed by atoms with Crippen molar-refractivity contribution in [2.24, 2.45) is 14.1 Å². The highest BCUT2D eigenvalue weighted by Gasteiger charge is 2.28. The van der Waals surface area contributed by atoms with Gasteiger partial charge in [-0.25, -0.2) is 4.98 Å². The summed E-state index contributed by atoms with van der Waals surface area (Å²) in [5.74, 6) is 2.32. The van der Waals surface area contributed by atoms with Gasteiger partial charge in [0.1, 0.15) is 17.3 Å². The van der Waals surface area contributed by atoms with Crippen LogP contribution in [0.25, 0.3) is 105 Å². The first kappa shape index (κ1) is 40.6. The van der Waals surface area contributed by atoms with E-state index in [-0.39, 0.29) is 5.41 Å².